The fraction of sp³-hybridized carbons (Fsp3) is 0.476. The molecule has 0 bridgehead atoms. The highest BCUT2D eigenvalue weighted by atomic mass is 35.5. The highest BCUT2D eigenvalue weighted by molar-refractivity contribution is 6.30. The SMILES string of the molecule is CCN(CC)CCCNC(=O)CN1C(=O)CCn2nc(-c3cccc(Cl)c3)cc21. The van der Waals surface area contributed by atoms with Crippen molar-refractivity contribution in [3.8, 4) is 11.3 Å². The van der Waals surface area contributed by atoms with Crippen LogP contribution >= 0.6 is 11.6 Å². The first-order valence-corrected chi connectivity index (χ1v) is 10.5. The summed E-state index contributed by atoms with van der Waals surface area (Å²) in [6.07, 6.45) is 1.22. The number of rotatable bonds is 9. The van der Waals surface area contributed by atoms with Crippen LogP contribution in [0.4, 0.5) is 5.82 Å². The van der Waals surface area contributed by atoms with Crippen LogP contribution in [0.5, 0.6) is 0 Å². The lowest BCUT2D eigenvalue weighted by atomic mass is 10.1. The van der Waals surface area contributed by atoms with Gasteiger partial charge in [-0.05, 0) is 38.2 Å². The lowest BCUT2D eigenvalue weighted by Gasteiger charge is -2.27. The van der Waals surface area contributed by atoms with E-state index in [0.717, 1.165) is 37.3 Å². The number of anilines is 1. The van der Waals surface area contributed by atoms with Crippen LogP contribution in [0.1, 0.15) is 26.7 Å². The fourth-order valence-electron chi connectivity index (χ4n) is 3.48. The number of aryl methyl sites for hydroxylation is 1. The zero-order valence-electron chi connectivity index (χ0n) is 17.0. The Morgan fingerprint density at radius 1 is 1.28 bits per heavy atom. The quantitative estimate of drug-likeness (QED) is 0.637. The molecule has 0 spiro atoms. The summed E-state index contributed by atoms with van der Waals surface area (Å²) in [6, 6.07) is 9.28. The minimum absolute atomic E-state index is 0.00474. The Morgan fingerprint density at radius 3 is 2.79 bits per heavy atom. The maximum atomic E-state index is 12.5. The van der Waals surface area contributed by atoms with Crippen molar-refractivity contribution in [3.63, 3.8) is 0 Å². The van der Waals surface area contributed by atoms with Crippen molar-refractivity contribution in [3.05, 3.63) is 35.4 Å². The van der Waals surface area contributed by atoms with Gasteiger partial charge in [0.05, 0.1) is 12.2 Å². The largest absolute Gasteiger partial charge is 0.354 e. The smallest absolute Gasteiger partial charge is 0.240 e. The van der Waals surface area contributed by atoms with Gasteiger partial charge in [-0.1, -0.05) is 37.6 Å². The third-order valence-electron chi connectivity index (χ3n) is 5.16. The molecule has 0 aliphatic carbocycles. The number of carbonyl (C=O) groups is 2. The van der Waals surface area contributed by atoms with Crippen LogP contribution in [0.25, 0.3) is 11.3 Å². The van der Waals surface area contributed by atoms with Crippen molar-refractivity contribution in [1.29, 1.82) is 0 Å². The summed E-state index contributed by atoms with van der Waals surface area (Å²) in [7, 11) is 0. The molecule has 1 N–H and O–H groups in total. The van der Waals surface area contributed by atoms with Crippen molar-refractivity contribution in [1.82, 2.24) is 20.0 Å². The maximum Gasteiger partial charge on any atom is 0.240 e. The van der Waals surface area contributed by atoms with E-state index < -0.39 is 0 Å². The van der Waals surface area contributed by atoms with Crippen molar-refractivity contribution < 1.29 is 9.59 Å². The number of hydrogen-bond acceptors (Lipinski definition) is 4. The first-order chi connectivity index (χ1) is 14.0. The zero-order valence-corrected chi connectivity index (χ0v) is 17.8. The van der Waals surface area contributed by atoms with Gasteiger partial charge in [-0.25, -0.2) is 4.68 Å². The molecule has 7 nitrogen and oxygen atoms in total. The summed E-state index contributed by atoms with van der Waals surface area (Å²) in [5.74, 6) is 0.430. The predicted octanol–water partition coefficient (Wildman–Crippen LogP) is 2.79. The van der Waals surface area contributed by atoms with E-state index in [4.69, 9.17) is 11.6 Å². The maximum absolute atomic E-state index is 12.5. The number of carbonyl (C=O) groups excluding carboxylic acids is 2. The molecule has 0 radical (unpaired) electrons. The molecule has 0 saturated carbocycles. The normalized spacial score (nSPS) is 13.7. The van der Waals surface area contributed by atoms with E-state index in [1.54, 1.807) is 10.7 Å². The Morgan fingerprint density at radius 2 is 2.07 bits per heavy atom. The van der Waals surface area contributed by atoms with Crippen LogP contribution < -0.4 is 10.2 Å². The van der Waals surface area contributed by atoms with Gasteiger partial charge in [0.2, 0.25) is 11.8 Å². The second-order valence-corrected chi connectivity index (χ2v) is 7.52. The molecule has 0 saturated heterocycles. The van der Waals surface area contributed by atoms with Crippen LogP contribution in [0.15, 0.2) is 30.3 Å². The Bertz CT molecular complexity index is 863. The van der Waals surface area contributed by atoms with E-state index in [-0.39, 0.29) is 18.4 Å². The number of hydrogen-bond donors (Lipinski definition) is 1. The van der Waals surface area contributed by atoms with Gasteiger partial charge in [0.15, 0.2) is 0 Å². The van der Waals surface area contributed by atoms with E-state index >= 15 is 0 Å². The summed E-state index contributed by atoms with van der Waals surface area (Å²) in [5.41, 5.74) is 1.62. The molecular weight excluding hydrogens is 390 g/mol. The molecule has 29 heavy (non-hydrogen) atoms. The zero-order chi connectivity index (χ0) is 20.8. The number of benzene rings is 1. The van der Waals surface area contributed by atoms with Gasteiger partial charge < -0.3 is 10.2 Å². The Balaban J connectivity index is 1.63. The minimum Gasteiger partial charge on any atom is -0.354 e. The molecule has 2 aromatic rings. The van der Waals surface area contributed by atoms with Gasteiger partial charge in [0.25, 0.3) is 0 Å². The Labute approximate surface area is 176 Å². The summed E-state index contributed by atoms with van der Waals surface area (Å²) in [6.45, 7) is 8.34. The second kappa shape index (κ2) is 9.89. The molecular formula is C21H28ClN5O2. The predicted molar refractivity (Wildman–Crippen MR) is 115 cm³/mol. The van der Waals surface area contributed by atoms with Crippen LogP contribution in [0, 0.1) is 0 Å². The molecule has 1 aliphatic heterocycles. The van der Waals surface area contributed by atoms with Crippen molar-refractivity contribution in [2.75, 3.05) is 37.6 Å². The van der Waals surface area contributed by atoms with Gasteiger partial charge in [0, 0.05) is 29.6 Å². The molecule has 2 heterocycles. The van der Waals surface area contributed by atoms with Crippen LogP contribution in [0.3, 0.4) is 0 Å². The lowest BCUT2D eigenvalue weighted by molar-refractivity contribution is -0.124. The highest BCUT2D eigenvalue weighted by Crippen LogP contribution is 2.29. The summed E-state index contributed by atoms with van der Waals surface area (Å²) in [4.78, 5) is 28.7. The average Bonchev–Trinajstić information content (AvgIpc) is 3.15. The highest BCUT2D eigenvalue weighted by Gasteiger charge is 2.28. The number of halogens is 1. The van der Waals surface area contributed by atoms with Crippen LogP contribution in [-0.2, 0) is 16.1 Å². The Kier molecular flexibility index (Phi) is 7.28. The van der Waals surface area contributed by atoms with Gasteiger partial charge in [0.1, 0.15) is 12.4 Å². The molecule has 156 valence electrons. The number of nitrogens with zero attached hydrogens (tertiary/aromatic N) is 4. The molecule has 2 amide bonds. The van der Waals surface area contributed by atoms with Crippen molar-refractivity contribution >= 4 is 29.2 Å². The molecule has 0 unspecified atom stereocenters. The van der Waals surface area contributed by atoms with Crippen molar-refractivity contribution in [2.24, 2.45) is 0 Å². The van der Waals surface area contributed by atoms with E-state index in [2.05, 4.69) is 29.2 Å². The molecule has 0 fully saturated rings. The first kappa shape index (κ1) is 21.3. The standard InChI is InChI=1S/C21H28ClN5O2/c1-3-25(4-2)11-6-10-23-19(28)15-26-20-14-18(16-7-5-8-17(22)13-16)24-27(20)12-9-21(26)29/h5,7-8,13-14H,3-4,6,9-12,15H2,1-2H3,(H,23,28). The summed E-state index contributed by atoms with van der Waals surface area (Å²) in [5, 5.41) is 8.15. The summed E-state index contributed by atoms with van der Waals surface area (Å²) < 4.78 is 1.78. The Hall–Kier alpha value is -2.38. The number of aromatic nitrogens is 2. The second-order valence-electron chi connectivity index (χ2n) is 7.08. The molecule has 0 atom stereocenters. The fourth-order valence-corrected chi connectivity index (χ4v) is 3.67. The van der Waals surface area contributed by atoms with Gasteiger partial charge >= 0.3 is 0 Å². The molecule has 1 aromatic carbocycles. The van der Waals surface area contributed by atoms with Gasteiger partial charge in [-0.2, -0.15) is 5.10 Å². The lowest BCUT2D eigenvalue weighted by Crippen LogP contribution is -2.44. The number of fused-ring (bicyclic) bond motifs is 1. The van der Waals surface area contributed by atoms with Crippen LogP contribution in [0.2, 0.25) is 5.02 Å². The van der Waals surface area contributed by atoms with E-state index in [9.17, 15) is 9.59 Å². The monoisotopic (exact) mass is 417 g/mol. The minimum atomic E-state index is -0.156. The number of amides is 2. The molecule has 1 aromatic heterocycles. The third-order valence-corrected chi connectivity index (χ3v) is 5.40. The first-order valence-electron chi connectivity index (χ1n) is 10.1. The van der Waals surface area contributed by atoms with Gasteiger partial charge in [-0.15, -0.1) is 0 Å². The van der Waals surface area contributed by atoms with Crippen molar-refractivity contribution in [2.45, 2.75) is 33.2 Å². The van der Waals surface area contributed by atoms with Gasteiger partial charge in [-0.3, -0.25) is 14.5 Å². The third kappa shape index (κ3) is 5.36. The molecule has 8 heteroatoms. The molecule has 1 aliphatic rings. The molecule has 3 rings (SSSR count). The van der Waals surface area contributed by atoms with E-state index in [1.807, 2.05) is 24.3 Å². The van der Waals surface area contributed by atoms with Crippen LogP contribution in [-0.4, -0.2) is 59.2 Å². The summed E-state index contributed by atoms with van der Waals surface area (Å²) >= 11 is 6.09. The van der Waals surface area contributed by atoms with E-state index in [1.165, 1.54) is 4.90 Å². The number of nitrogens with one attached hydrogen (secondary N) is 1. The van der Waals surface area contributed by atoms with E-state index in [0.29, 0.717) is 30.4 Å². The average molecular weight is 418 g/mol. The topological polar surface area (TPSA) is 70.5 Å².